The van der Waals surface area contributed by atoms with Crippen LogP contribution in [0.15, 0.2) is 22.7 Å². The van der Waals surface area contributed by atoms with Crippen LogP contribution in [0.1, 0.15) is 69.7 Å². The van der Waals surface area contributed by atoms with Gasteiger partial charge in [-0.15, -0.1) is 0 Å². The summed E-state index contributed by atoms with van der Waals surface area (Å²) < 4.78 is 52.2. The van der Waals surface area contributed by atoms with E-state index in [4.69, 9.17) is 9.26 Å². The van der Waals surface area contributed by atoms with E-state index in [0.717, 1.165) is 49.5 Å². The number of halogens is 3. The number of nitrogens with zero attached hydrogens (tertiary/aromatic N) is 4. The van der Waals surface area contributed by atoms with Crippen molar-refractivity contribution in [3.05, 3.63) is 35.4 Å². The number of carbonyl (C=O) groups is 1. The van der Waals surface area contributed by atoms with Crippen LogP contribution in [0, 0.1) is 11.7 Å². The summed E-state index contributed by atoms with van der Waals surface area (Å²) in [4.78, 5) is 19.9. The van der Waals surface area contributed by atoms with Crippen LogP contribution in [0.4, 0.5) is 19.2 Å². The zero-order valence-corrected chi connectivity index (χ0v) is 21.0. The molecule has 4 rings (SSSR count). The van der Waals surface area contributed by atoms with Crippen molar-refractivity contribution in [2.75, 3.05) is 37.7 Å². The van der Waals surface area contributed by atoms with Crippen molar-refractivity contribution in [3.8, 4) is 5.75 Å². The van der Waals surface area contributed by atoms with Crippen LogP contribution in [0.25, 0.3) is 0 Å². The molecule has 198 valence electrons. The maximum absolute atomic E-state index is 14.5. The number of anilines is 1. The number of aryl methyl sites for hydroxylation is 1. The Kier molecular flexibility index (Phi) is 8.41. The minimum atomic E-state index is -2.82. The first-order chi connectivity index (χ1) is 17.2. The molecule has 2 aromatic rings. The monoisotopic (exact) mass is 508 g/mol. The Hall–Kier alpha value is -2.78. The molecule has 2 saturated heterocycles. The fourth-order valence-electron chi connectivity index (χ4n) is 4.73. The zero-order chi connectivity index (χ0) is 25.7. The van der Waals surface area contributed by atoms with Crippen LogP contribution in [0.5, 0.6) is 5.75 Å². The molecule has 36 heavy (non-hydrogen) atoms. The van der Waals surface area contributed by atoms with Gasteiger partial charge in [-0.25, -0.2) is 13.2 Å². The van der Waals surface area contributed by atoms with E-state index in [9.17, 15) is 18.0 Å². The van der Waals surface area contributed by atoms with E-state index in [2.05, 4.69) is 15.0 Å². The fourth-order valence-corrected chi connectivity index (χ4v) is 4.73. The molecule has 0 aliphatic carbocycles. The molecular weight excluding hydrogens is 473 g/mol. The lowest BCUT2D eigenvalue weighted by molar-refractivity contribution is -0.131. The third-order valence-corrected chi connectivity index (χ3v) is 7.01. The average Bonchev–Trinajstić information content (AvgIpc) is 3.48. The Balaban J connectivity index is 1.13. The first-order valence-corrected chi connectivity index (χ1v) is 12.9. The van der Waals surface area contributed by atoms with Crippen molar-refractivity contribution >= 4 is 11.9 Å². The Labute approximate surface area is 210 Å². The van der Waals surface area contributed by atoms with Gasteiger partial charge in [0.2, 0.25) is 5.91 Å². The smallest absolute Gasteiger partial charge is 0.324 e. The first kappa shape index (κ1) is 26.3. The lowest BCUT2D eigenvalue weighted by atomic mass is 9.92. The number of aromatic nitrogens is 2. The fraction of sp³-hybridized carbons (Fsp3) is 0.654. The molecule has 7 nitrogen and oxygen atoms in total. The Morgan fingerprint density at radius 2 is 2.03 bits per heavy atom. The SMILES string of the molecule is CC(C)c1noc(N2CCC(CCCOc3ccc(CCC(=O)N4CCC(F)(F)C4)c(F)c3)CC2)n1. The number of carbonyl (C=O) groups excluding carboxylic acids is 1. The van der Waals surface area contributed by atoms with E-state index in [-0.39, 0.29) is 37.6 Å². The number of hydrogen-bond acceptors (Lipinski definition) is 6. The molecule has 0 unspecified atom stereocenters. The highest BCUT2D eigenvalue weighted by atomic mass is 19.3. The second kappa shape index (κ2) is 11.5. The van der Waals surface area contributed by atoms with Crippen LogP contribution in [0.3, 0.4) is 0 Å². The average molecular weight is 509 g/mol. The van der Waals surface area contributed by atoms with Crippen molar-refractivity contribution < 1.29 is 27.2 Å². The number of rotatable bonds is 10. The van der Waals surface area contributed by atoms with Gasteiger partial charge in [0.1, 0.15) is 11.6 Å². The van der Waals surface area contributed by atoms with Gasteiger partial charge in [-0.2, -0.15) is 4.98 Å². The van der Waals surface area contributed by atoms with Crippen molar-refractivity contribution in [2.45, 2.75) is 70.6 Å². The molecule has 0 N–H and O–H groups in total. The van der Waals surface area contributed by atoms with Crippen LogP contribution in [-0.2, 0) is 11.2 Å². The summed E-state index contributed by atoms with van der Waals surface area (Å²) in [6.07, 6.45) is 3.89. The summed E-state index contributed by atoms with van der Waals surface area (Å²) in [6, 6.07) is 5.24. The van der Waals surface area contributed by atoms with E-state index in [1.807, 2.05) is 13.8 Å². The van der Waals surface area contributed by atoms with Gasteiger partial charge < -0.3 is 19.1 Å². The molecule has 0 spiro atoms. The van der Waals surface area contributed by atoms with Gasteiger partial charge in [0, 0.05) is 44.5 Å². The van der Waals surface area contributed by atoms with Crippen molar-refractivity contribution in [1.82, 2.24) is 15.0 Å². The molecule has 0 bridgehead atoms. The van der Waals surface area contributed by atoms with E-state index >= 15 is 0 Å². The quantitative estimate of drug-likeness (QED) is 0.411. The summed E-state index contributed by atoms with van der Waals surface area (Å²) in [5, 5.41) is 4.04. The van der Waals surface area contributed by atoms with Crippen molar-refractivity contribution in [1.29, 1.82) is 0 Å². The molecule has 0 radical (unpaired) electrons. The summed E-state index contributed by atoms with van der Waals surface area (Å²) >= 11 is 0. The summed E-state index contributed by atoms with van der Waals surface area (Å²) in [5.41, 5.74) is 0.384. The summed E-state index contributed by atoms with van der Waals surface area (Å²) in [7, 11) is 0. The normalized spacial score (nSPS) is 18.3. The lowest BCUT2D eigenvalue weighted by Gasteiger charge is -2.30. The predicted molar refractivity (Wildman–Crippen MR) is 129 cm³/mol. The Morgan fingerprint density at radius 3 is 2.67 bits per heavy atom. The van der Waals surface area contributed by atoms with E-state index in [0.29, 0.717) is 29.9 Å². The van der Waals surface area contributed by atoms with Gasteiger partial charge in [0.25, 0.3) is 5.92 Å². The molecule has 3 heterocycles. The van der Waals surface area contributed by atoms with E-state index in [1.54, 1.807) is 12.1 Å². The molecule has 1 aromatic heterocycles. The number of alkyl halides is 2. The van der Waals surface area contributed by atoms with Gasteiger partial charge >= 0.3 is 6.01 Å². The van der Waals surface area contributed by atoms with Gasteiger partial charge in [-0.3, -0.25) is 4.79 Å². The van der Waals surface area contributed by atoms with Gasteiger partial charge in [-0.05, 0) is 49.7 Å². The van der Waals surface area contributed by atoms with Crippen LogP contribution in [-0.4, -0.2) is 59.7 Å². The molecule has 2 fully saturated rings. The molecular formula is C26H35F3N4O3. The summed E-state index contributed by atoms with van der Waals surface area (Å²) in [5.74, 6) is -1.59. The maximum Gasteiger partial charge on any atom is 0.324 e. The second-order valence-electron chi connectivity index (χ2n) is 10.2. The van der Waals surface area contributed by atoms with Crippen molar-refractivity contribution in [2.24, 2.45) is 5.92 Å². The van der Waals surface area contributed by atoms with E-state index in [1.165, 1.54) is 6.07 Å². The lowest BCUT2D eigenvalue weighted by Crippen LogP contribution is -2.34. The number of likely N-dealkylation sites (tertiary alicyclic amines) is 1. The molecule has 1 amide bonds. The molecule has 1 aromatic carbocycles. The van der Waals surface area contributed by atoms with Crippen molar-refractivity contribution in [3.63, 3.8) is 0 Å². The standard InChI is InChI=1S/C26H35F3N4O3/c1-18(2)24-30-25(36-31-24)32-12-9-19(10-13-32)4-3-15-35-21-7-5-20(22(27)16-21)6-8-23(34)33-14-11-26(28,29)17-33/h5,7,16,18-19H,3-4,6,8-15,17H2,1-2H3. The zero-order valence-electron chi connectivity index (χ0n) is 21.0. The third kappa shape index (κ3) is 6.91. The summed E-state index contributed by atoms with van der Waals surface area (Å²) in [6.45, 7) is 5.87. The minimum absolute atomic E-state index is 0.0113. The first-order valence-electron chi connectivity index (χ1n) is 12.9. The van der Waals surface area contributed by atoms with Crippen LogP contribution >= 0.6 is 0 Å². The number of amides is 1. The number of ether oxygens (including phenoxy) is 1. The molecule has 0 saturated carbocycles. The molecule has 2 aliphatic heterocycles. The van der Waals surface area contributed by atoms with Gasteiger partial charge in [-0.1, -0.05) is 25.1 Å². The van der Waals surface area contributed by atoms with Gasteiger partial charge in [0.15, 0.2) is 5.82 Å². The van der Waals surface area contributed by atoms with Crippen LogP contribution < -0.4 is 9.64 Å². The Bertz CT molecular complexity index is 1020. The van der Waals surface area contributed by atoms with Gasteiger partial charge in [0.05, 0.1) is 13.2 Å². The molecule has 10 heteroatoms. The minimum Gasteiger partial charge on any atom is -0.493 e. The third-order valence-electron chi connectivity index (χ3n) is 7.01. The maximum atomic E-state index is 14.5. The van der Waals surface area contributed by atoms with E-state index < -0.39 is 18.3 Å². The molecule has 0 atom stereocenters. The van der Waals surface area contributed by atoms with Crippen LogP contribution in [0.2, 0.25) is 0 Å². The molecule has 2 aliphatic rings. The highest BCUT2D eigenvalue weighted by Crippen LogP contribution is 2.28. The number of hydrogen-bond donors (Lipinski definition) is 0. The Morgan fingerprint density at radius 1 is 1.25 bits per heavy atom. The predicted octanol–water partition coefficient (Wildman–Crippen LogP) is 5.21. The second-order valence-corrected chi connectivity index (χ2v) is 10.2. The highest BCUT2D eigenvalue weighted by Gasteiger charge is 2.40. The number of piperidine rings is 1. The largest absolute Gasteiger partial charge is 0.493 e. The highest BCUT2D eigenvalue weighted by molar-refractivity contribution is 5.76. The topological polar surface area (TPSA) is 71.7 Å². The number of benzene rings is 1.